The Morgan fingerprint density at radius 1 is 1.47 bits per heavy atom. The van der Waals surface area contributed by atoms with Crippen LogP contribution in [-0.4, -0.2) is 23.7 Å². The maximum atomic E-state index is 12.3. The summed E-state index contributed by atoms with van der Waals surface area (Å²) in [6.07, 6.45) is -1.78. The van der Waals surface area contributed by atoms with Gasteiger partial charge < -0.3 is 11.1 Å². The van der Waals surface area contributed by atoms with E-state index in [0.29, 0.717) is 17.8 Å². The monoisotopic (exact) mass is 247 g/mol. The molecule has 0 aliphatic carbocycles. The molecule has 1 aromatic rings. The fourth-order valence-electron chi connectivity index (χ4n) is 1.66. The smallest absolute Gasteiger partial charge is 0.390 e. The molecule has 3 nitrogen and oxygen atoms in total. The first kappa shape index (κ1) is 13.8. The Bertz CT molecular complexity index is 352. The number of hydrogen-bond acceptors (Lipinski definition) is 3. The molecule has 0 saturated carbocycles. The van der Waals surface area contributed by atoms with Crippen LogP contribution in [0.1, 0.15) is 18.9 Å². The van der Waals surface area contributed by atoms with Crippen molar-refractivity contribution in [1.29, 1.82) is 0 Å². The Kier molecular flexibility index (Phi) is 4.74. The highest BCUT2D eigenvalue weighted by Gasteiger charge is 2.31. The van der Waals surface area contributed by atoms with Crippen LogP contribution in [0, 0.1) is 0 Å². The molecule has 0 aromatic carbocycles. The topological polar surface area (TPSA) is 50.9 Å². The van der Waals surface area contributed by atoms with Gasteiger partial charge in [0, 0.05) is 24.1 Å². The summed E-state index contributed by atoms with van der Waals surface area (Å²) in [5, 5.41) is 2.81. The SMILES string of the molecule is CCNC(Cc1cnccc1N)CC(F)(F)F. The standard InChI is InChI=1S/C11H16F3N3/c1-2-17-9(6-11(12,13)14)5-8-7-16-4-3-10(8)15/h3-4,7,9,17H,2,5-6H2,1H3,(H2,15,16). The molecule has 0 aliphatic heterocycles. The van der Waals surface area contributed by atoms with Crippen LogP contribution >= 0.6 is 0 Å². The number of halogens is 3. The maximum Gasteiger partial charge on any atom is 0.390 e. The van der Waals surface area contributed by atoms with Gasteiger partial charge in [-0.15, -0.1) is 0 Å². The Morgan fingerprint density at radius 3 is 2.71 bits per heavy atom. The van der Waals surface area contributed by atoms with Crippen LogP contribution in [-0.2, 0) is 6.42 Å². The van der Waals surface area contributed by atoms with Crippen molar-refractivity contribution in [3.8, 4) is 0 Å². The van der Waals surface area contributed by atoms with Crippen molar-refractivity contribution in [3.05, 3.63) is 24.0 Å². The molecular weight excluding hydrogens is 231 g/mol. The molecule has 6 heteroatoms. The summed E-state index contributed by atoms with van der Waals surface area (Å²) < 4.78 is 37.0. The van der Waals surface area contributed by atoms with Gasteiger partial charge >= 0.3 is 6.18 Å². The number of rotatable bonds is 5. The van der Waals surface area contributed by atoms with Gasteiger partial charge in [0.15, 0.2) is 0 Å². The van der Waals surface area contributed by atoms with Crippen molar-refractivity contribution in [2.75, 3.05) is 12.3 Å². The Morgan fingerprint density at radius 2 is 2.18 bits per heavy atom. The molecule has 1 atom stereocenters. The first-order valence-corrected chi connectivity index (χ1v) is 5.41. The minimum Gasteiger partial charge on any atom is -0.398 e. The van der Waals surface area contributed by atoms with Crippen molar-refractivity contribution < 1.29 is 13.2 Å². The van der Waals surface area contributed by atoms with E-state index in [4.69, 9.17) is 5.73 Å². The molecule has 1 rings (SSSR count). The lowest BCUT2D eigenvalue weighted by Gasteiger charge is -2.20. The summed E-state index contributed by atoms with van der Waals surface area (Å²) in [5.41, 5.74) is 6.80. The van der Waals surface area contributed by atoms with E-state index in [1.807, 2.05) is 0 Å². The molecule has 0 spiro atoms. The first-order valence-electron chi connectivity index (χ1n) is 5.41. The van der Waals surface area contributed by atoms with Crippen molar-refractivity contribution in [2.24, 2.45) is 0 Å². The van der Waals surface area contributed by atoms with Crippen LogP contribution in [0.5, 0.6) is 0 Å². The number of anilines is 1. The lowest BCUT2D eigenvalue weighted by molar-refractivity contribution is -0.139. The maximum absolute atomic E-state index is 12.3. The highest BCUT2D eigenvalue weighted by molar-refractivity contribution is 5.44. The van der Waals surface area contributed by atoms with Crippen LogP contribution in [0.25, 0.3) is 0 Å². The fraction of sp³-hybridized carbons (Fsp3) is 0.545. The van der Waals surface area contributed by atoms with Gasteiger partial charge in [-0.3, -0.25) is 4.98 Å². The van der Waals surface area contributed by atoms with E-state index in [9.17, 15) is 13.2 Å². The van der Waals surface area contributed by atoms with Crippen molar-refractivity contribution in [3.63, 3.8) is 0 Å². The number of nitrogen functional groups attached to an aromatic ring is 1. The third kappa shape index (κ3) is 5.04. The van der Waals surface area contributed by atoms with Crippen LogP contribution < -0.4 is 11.1 Å². The second-order valence-electron chi connectivity index (χ2n) is 3.85. The van der Waals surface area contributed by atoms with Crippen molar-refractivity contribution >= 4 is 5.69 Å². The van der Waals surface area contributed by atoms with E-state index >= 15 is 0 Å². The summed E-state index contributed by atoms with van der Waals surface area (Å²) in [6.45, 7) is 2.26. The van der Waals surface area contributed by atoms with Gasteiger partial charge in [0.1, 0.15) is 0 Å². The van der Waals surface area contributed by atoms with E-state index in [1.54, 1.807) is 13.0 Å². The third-order valence-electron chi connectivity index (χ3n) is 2.38. The molecule has 17 heavy (non-hydrogen) atoms. The molecule has 3 N–H and O–H groups in total. The zero-order chi connectivity index (χ0) is 12.9. The van der Waals surface area contributed by atoms with E-state index in [0.717, 1.165) is 0 Å². The minimum absolute atomic E-state index is 0.229. The average molecular weight is 247 g/mol. The third-order valence-corrected chi connectivity index (χ3v) is 2.38. The Hall–Kier alpha value is -1.30. The van der Waals surface area contributed by atoms with Crippen molar-refractivity contribution in [2.45, 2.75) is 32.0 Å². The van der Waals surface area contributed by atoms with Gasteiger partial charge in [-0.05, 0) is 24.6 Å². The summed E-state index contributed by atoms with van der Waals surface area (Å²) in [4.78, 5) is 3.87. The van der Waals surface area contributed by atoms with Crippen molar-refractivity contribution in [1.82, 2.24) is 10.3 Å². The van der Waals surface area contributed by atoms with Gasteiger partial charge in [-0.1, -0.05) is 6.92 Å². The summed E-state index contributed by atoms with van der Waals surface area (Å²) >= 11 is 0. The summed E-state index contributed by atoms with van der Waals surface area (Å²) in [5.74, 6) is 0. The highest BCUT2D eigenvalue weighted by Crippen LogP contribution is 2.24. The number of likely N-dealkylation sites (N-methyl/N-ethyl adjacent to an activating group) is 1. The largest absolute Gasteiger partial charge is 0.398 e. The highest BCUT2D eigenvalue weighted by atomic mass is 19.4. The first-order chi connectivity index (χ1) is 7.92. The molecular formula is C11H16F3N3. The summed E-state index contributed by atoms with van der Waals surface area (Å²) in [7, 11) is 0. The zero-order valence-corrected chi connectivity index (χ0v) is 9.59. The lowest BCUT2D eigenvalue weighted by Crippen LogP contribution is -2.35. The van der Waals surface area contributed by atoms with Crippen LogP contribution in [0.2, 0.25) is 0 Å². The van der Waals surface area contributed by atoms with Gasteiger partial charge in [-0.25, -0.2) is 0 Å². The van der Waals surface area contributed by atoms with Crippen LogP contribution in [0.15, 0.2) is 18.5 Å². The molecule has 1 aromatic heterocycles. The summed E-state index contributed by atoms with van der Waals surface area (Å²) in [6, 6.07) is 0.929. The number of hydrogen-bond donors (Lipinski definition) is 2. The van der Waals surface area contributed by atoms with Gasteiger partial charge in [0.2, 0.25) is 0 Å². The molecule has 1 heterocycles. The Balaban J connectivity index is 2.70. The molecule has 0 radical (unpaired) electrons. The number of nitrogens with zero attached hydrogens (tertiary/aromatic N) is 1. The number of nitrogens with two attached hydrogens (primary N) is 1. The molecule has 96 valence electrons. The quantitative estimate of drug-likeness (QED) is 0.838. The van der Waals surface area contributed by atoms with E-state index in [2.05, 4.69) is 10.3 Å². The predicted octanol–water partition coefficient (Wildman–Crippen LogP) is 2.14. The lowest BCUT2D eigenvalue weighted by atomic mass is 10.0. The van der Waals surface area contributed by atoms with E-state index in [-0.39, 0.29) is 6.42 Å². The van der Waals surface area contributed by atoms with Crippen LogP contribution in [0.3, 0.4) is 0 Å². The van der Waals surface area contributed by atoms with Gasteiger partial charge in [0.25, 0.3) is 0 Å². The number of nitrogens with one attached hydrogen (secondary N) is 1. The molecule has 0 aliphatic rings. The molecule has 1 unspecified atom stereocenters. The molecule has 0 amide bonds. The molecule has 0 fully saturated rings. The second kappa shape index (κ2) is 5.86. The number of pyridine rings is 1. The fourth-order valence-corrected chi connectivity index (χ4v) is 1.66. The minimum atomic E-state index is -4.18. The number of alkyl halides is 3. The van der Waals surface area contributed by atoms with Crippen LogP contribution in [0.4, 0.5) is 18.9 Å². The predicted molar refractivity (Wildman–Crippen MR) is 60.5 cm³/mol. The van der Waals surface area contributed by atoms with E-state index < -0.39 is 18.6 Å². The number of aromatic nitrogens is 1. The average Bonchev–Trinajstić information content (AvgIpc) is 2.19. The zero-order valence-electron chi connectivity index (χ0n) is 9.59. The molecule has 0 bridgehead atoms. The van der Waals surface area contributed by atoms with Gasteiger partial charge in [-0.2, -0.15) is 13.2 Å². The van der Waals surface area contributed by atoms with E-state index in [1.165, 1.54) is 12.4 Å². The Labute approximate surface area is 98.2 Å². The molecule has 0 saturated heterocycles. The second-order valence-corrected chi connectivity index (χ2v) is 3.85. The normalized spacial score (nSPS) is 13.6. The van der Waals surface area contributed by atoms with Gasteiger partial charge in [0.05, 0.1) is 6.42 Å².